The van der Waals surface area contributed by atoms with Gasteiger partial charge in [-0.25, -0.2) is 4.98 Å². The Morgan fingerprint density at radius 3 is 2.83 bits per heavy atom. The first-order valence-corrected chi connectivity index (χ1v) is 10.9. The molecule has 3 heterocycles. The zero-order chi connectivity index (χ0) is 20.5. The first-order valence-electron chi connectivity index (χ1n) is 9.70. The van der Waals surface area contributed by atoms with Crippen LogP contribution in [0.1, 0.15) is 23.3 Å². The van der Waals surface area contributed by atoms with Gasteiger partial charge in [0.15, 0.2) is 16.6 Å². The summed E-state index contributed by atoms with van der Waals surface area (Å²) < 4.78 is 12.1. The number of hydrogen-bond donors (Lipinski definition) is 0. The number of amides is 1. The maximum absolute atomic E-state index is 13.4. The quantitative estimate of drug-likeness (QED) is 0.414. The molecule has 30 heavy (non-hydrogen) atoms. The molecular weight excluding hydrogens is 422 g/mol. The molecule has 0 bridgehead atoms. The van der Waals surface area contributed by atoms with Crippen LogP contribution in [0.3, 0.4) is 0 Å². The van der Waals surface area contributed by atoms with Crippen molar-refractivity contribution in [3.8, 4) is 11.3 Å². The number of halogens is 1. The topological polar surface area (TPSA) is 68.5 Å². The van der Waals surface area contributed by atoms with Crippen molar-refractivity contribution in [3.63, 3.8) is 0 Å². The normalized spacial score (nSPS) is 16.2. The van der Waals surface area contributed by atoms with Crippen LogP contribution in [-0.4, -0.2) is 35.3 Å². The number of thiazole rings is 1. The highest BCUT2D eigenvalue weighted by Crippen LogP contribution is 2.34. The second kappa shape index (κ2) is 8.18. The molecule has 1 aliphatic heterocycles. The summed E-state index contributed by atoms with van der Waals surface area (Å²) in [6.45, 7) is 1.12. The van der Waals surface area contributed by atoms with Crippen molar-refractivity contribution in [1.29, 1.82) is 0 Å². The highest BCUT2D eigenvalue weighted by molar-refractivity contribution is 7.22. The Labute approximate surface area is 182 Å². The van der Waals surface area contributed by atoms with E-state index < -0.39 is 0 Å². The number of para-hydroxylation sites is 1. The third-order valence-electron chi connectivity index (χ3n) is 5.03. The van der Waals surface area contributed by atoms with Crippen molar-refractivity contribution in [2.45, 2.75) is 18.9 Å². The van der Waals surface area contributed by atoms with Crippen molar-refractivity contribution < 1.29 is 14.1 Å². The van der Waals surface area contributed by atoms with E-state index >= 15 is 0 Å². The van der Waals surface area contributed by atoms with Gasteiger partial charge in [-0.05, 0) is 25.0 Å². The summed E-state index contributed by atoms with van der Waals surface area (Å²) >= 11 is 7.73. The van der Waals surface area contributed by atoms with Crippen LogP contribution < -0.4 is 4.90 Å². The van der Waals surface area contributed by atoms with Gasteiger partial charge in [-0.3, -0.25) is 9.69 Å². The molecule has 1 atom stereocenters. The molecule has 1 saturated heterocycles. The van der Waals surface area contributed by atoms with Gasteiger partial charge in [0.05, 0.1) is 22.4 Å². The zero-order valence-electron chi connectivity index (χ0n) is 16.0. The molecule has 6 nitrogen and oxygen atoms in total. The zero-order valence-corrected chi connectivity index (χ0v) is 17.5. The van der Waals surface area contributed by atoms with Crippen LogP contribution in [0, 0.1) is 0 Å². The molecule has 0 spiro atoms. The van der Waals surface area contributed by atoms with Gasteiger partial charge in [0, 0.05) is 18.2 Å². The van der Waals surface area contributed by atoms with E-state index in [4.69, 9.17) is 20.9 Å². The van der Waals surface area contributed by atoms with E-state index in [1.165, 1.54) is 11.3 Å². The third-order valence-corrected chi connectivity index (χ3v) is 6.38. The van der Waals surface area contributed by atoms with E-state index in [1.807, 2.05) is 42.5 Å². The van der Waals surface area contributed by atoms with Crippen LogP contribution in [0.2, 0.25) is 5.02 Å². The summed E-state index contributed by atoms with van der Waals surface area (Å²) in [6, 6.07) is 16.9. The Morgan fingerprint density at radius 1 is 1.20 bits per heavy atom. The third kappa shape index (κ3) is 3.71. The molecular formula is C22H18ClN3O3S. The molecule has 0 aliphatic carbocycles. The Balaban J connectivity index is 1.50. The number of anilines is 1. The SMILES string of the molecule is O=C(c1cc(-c2ccccc2)on1)N(CC1CCCO1)c1nc2c(Cl)cccc2s1. The predicted molar refractivity (Wildman–Crippen MR) is 117 cm³/mol. The minimum atomic E-state index is -0.272. The van der Waals surface area contributed by atoms with Crippen LogP contribution in [0.15, 0.2) is 59.1 Å². The average Bonchev–Trinajstić information content (AvgIpc) is 3.53. The molecule has 0 saturated carbocycles. The summed E-state index contributed by atoms with van der Waals surface area (Å²) in [4.78, 5) is 19.7. The van der Waals surface area contributed by atoms with Gasteiger partial charge in [0.1, 0.15) is 5.52 Å². The lowest BCUT2D eigenvalue weighted by Crippen LogP contribution is -2.37. The van der Waals surface area contributed by atoms with Gasteiger partial charge in [-0.1, -0.05) is 64.5 Å². The Bertz CT molecular complexity index is 1180. The number of ether oxygens (including phenoxy) is 1. The number of benzene rings is 2. The first kappa shape index (κ1) is 19.2. The molecule has 1 amide bonds. The van der Waals surface area contributed by atoms with Gasteiger partial charge >= 0.3 is 0 Å². The van der Waals surface area contributed by atoms with Gasteiger partial charge in [-0.2, -0.15) is 0 Å². The van der Waals surface area contributed by atoms with Crippen LogP contribution in [0.25, 0.3) is 21.5 Å². The monoisotopic (exact) mass is 439 g/mol. The van der Waals surface area contributed by atoms with Crippen molar-refractivity contribution in [2.75, 3.05) is 18.1 Å². The van der Waals surface area contributed by atoms with Gasteiger partial charge in [0.2, 0.25) is 0 Å². The average molecular weight is 440 g/mol. The number of carbonyl (C=O) groups excluding carboxylic acids is 1. The van der Waals surface area contributed by atoms with E-state index in [-0.39, 0.29) is 17.7 Å². The van der Waals surface area contributed by atoms with Crippen molar-refractivity contribution in [2.24, 2.45) is 0 Å². The molecule has 1 aliphatic rings. The second-order valence-electron chi connectivity index (χ2n) is 7.08. The first-order chi connectivity index (χ1) is 14.7. The Hall–Kier alpha value is -2.74. The van der Waals surface area contributed by atoms with E-state index in [0.717, 1.165) is 23.1 Å². The molecule has 0 radical (unpaired) electrons. The Morgan fingerprint density at radius 2 is 2.07 bits per heavy atom. The number of hydrogen-bond acceptors (Lipinski definition) is 6. The summed E-state index contributed by atoms with van der Waals surface area (Å²) in [5, 5.41) is 5.16. The van der Waals surface area contributed by atoms with Crippen LogP contribution >= 0.6 is 22.9 Å². The fourth-order valence-electron chi connectivity index (χ4n) is 3.51. The van der Waals surface area contributed by atoms with Crippen molar-refractivity contribution in [1.82, 2.24) is 10.1 Å². The maximum atomic E-state index is 13.4. The molecule has 152 valence electrons. The molecule has 2 aromatic carbocycles. The number of aromatic nitrogens is 2. The van der Waals surface area contributed by atoms with Gasteiger partial charge < -0.3 is 9.26 Å². The molecule has 5 rings (SSSR count). The van der Waals surface area contributed by atoms with Crippen molar-refractivity contribution in [3.05, 3.63) is 65.3 Å². The molecule has 2 aromatic heterocycles. The minimum absolute atomic E-state index is 0.0306. The number of fused-ring (bicyclic) bond motifs is 1. The summed E-state index contributed by atoms with van der Waals surface area (Å²) in [5.74, 6) is 0.273. The Kier molecular flexibility index (Phi) is 5.25. The molecule has 1 unspecified atom stereocenters. The number of carbonyl (C=O) groups is 1. The molecule has 8 heteroatoms. The van der Waals surface area contributed by atoms with E-state index in [1.54, 1.807) is 17.0 Å². The summed E-state index contributed by atoms with van der Waals surface area (Å²) in [5.41, 5.74) is 1.79. The largest absolute Gasteiger partial charge is 0.376 e. The predicted octanol–water partition coefficient (Wildman–Crippen LogP) is 5.43. The van der Waals surface area contributed by atoms with E-state index in [0.29, 0.717) is 34.6 Å². The van der Waals surface area contributed by atoms with E-state index in [2.05, 4.69) is 10.1 Å². The molecule has 1 fully saturated rings. The highest BCUT2D eigenvalue weighted by atomic mass is 35.5. The fourth-order valence-corrected chi connectivity index (χ4v) is 4.78. The van der Waals surface area contributed by atoms with Crippen molar-refractivity contribution >= 4 is 44.2 Å². The highest BCUT2D eigenvalue weighted by Gasteiger charge is 2.29. The number of nitrogens with zero attached hydrogens (tertiary/aromatic N) is 3. The van der Waals surface area contributed by atoms with Crippen LogP contribution in [0.4, 0.5) is 5.13 Å². The molecule has 4 aromatic rings. The lowest BCUT2D eigenvalue weighted by molar-refractivity contribution is 0.0910. The van der Waals surface area contributed by atoms with Gasteiger partial charge in [0.25, 0.3) is 5.91 Å². The standard InChI is InChI=1S/C22H18ClN3O3S/c23-16-9-4-10-19-20(16)24-22(30-19)26(13-15-8-5-11-28-15)21(27)17-12-18(29-25-17)14-6-2-1-3-7-14/h1-4,6-7,9-10,12,15H,5,8,11,13H2. The van der Waals surface area contributed by atoms with Crippen LogP contribution in [-0.2, 0) is 4.74 Å². The summed E-state index contributed by atoms with van der Waals surface area (Å²) in [6.07, 6.45) is 1.86. The van der Waals surface area contributed by atoms with E-state index in [9.17, 15) is 4.79 Å². The lowest BCUT2D eigenvalue weighted by Gasteiger charge is -2.21. The molecule has 0 N–H and O–H groups in total. The summed E-state index contributed by atoms with van der Waals surface area (Å²) in [7, 11) is 0. The smallest absolute Gasteiger partial charge is 0.282 e. The number of rotatable bonds is 5. The second-order valence-corrected chi connectivity index (χ2v) is 8.49. The van der Waals surface area contributed by atoms with Gasteiger partial charge in [-0.15, -0.1) is 0 Å². The lowest BCUT2D eigenvalue weighted by atomic mass is 10.1. The minimum Gasteiger partial charge on any atom is -0.376 e. The van der Waals surface area contributed by atoms with Crippen LogP contribution in [0.5, 0.6) is 0 Å². The fraction of sp³-hybridized carbons (Fsp3) is 0.227. The maximum Gasteiger partial charge on any atom is 0.282 e.